The van der Waals surface area contributed by atoms with Crippen LogP contribution in [0.2, 0.25) is 0 Å². The van der Waals surface area contributed by atoms with E-state index in [1.807, 2.05) is 17.5 Å². The number of benzene rings is 1. The summed E-state index contributed by atoms with van der Waals surface area (Å²) >= 11 is 1.45. The van der Waals surface area contributed by atoms with Crippen molar-refractivity contribution in [1.82, 2.24) is 0 Å². The molecule has 0 aliphatic heterocycles. The summed E-state index contributed by atoms with van der Waals surface area (Å²) in [5.41, 5.74) is 1.45. The lowest BCUT2D eigenvalue weighted by Crippen LogP contribution is -2.03. The Morgan fingerprint density at radius 2 is 1.94 bits per heavy atom. The van der Waals surface area contributed by atoms with Crippen molar-refractivity contribution in [2.75, 3.05) is 0 Å². The lowest BCUT2D eigenvalue weighted by molar-refractivity contribution is -0.136. The fraction of sp³-hybridized carbons (Fsp3) is 0.0769. The van der Waals surface area contributed by atoms with Gasteiger partial charge in [0.1, 0.15) is 0 Å². The number of hydrogen-bond donors (Lipinski definition) is 2. The van der Waals surface area contributed by atoms with Gasteiger partial charge >= 0.3 is 11.9 Å². The Kier molecular flexibility index (Phi) is 3.43. The van der Waals surface area contributed by atoms with E-state index in [0.29, 0.717) is 11.1 Å². The molecule has 18 heavy (non-hydrogen) atoms. The second kappa shape index (κ2) is 5.01. The maximum absolute atomic E-state index is 10.9. The van der Waals surface area contributed by atoms with Crippen LogP contribution in [0.15, 0.2) is 35.7 Å². The molecular weight excluding hydrogens is 252 g/mol. The van der Waals surface area contributed by atoms with Crippen LogP contribution in [0.5, 0.6) is 0 Å². The summed E-state index contributed by atoms with van der Waals surface area (Å²) in [6.45, 7) is 0. The highest BCUT2D eigenvalue weighted by Gasteiger charge is 2.13. The first-order valence-corrected chi connectivity index (χ1v) is 6.08. The van der Waals surface area contributed by atoms with Crippen molar-refractivity contribution >= 4 is 23.3 Å². The molecule has 0 spiro atoms. The first kappa shape index (κ1) is 12.3. The monoisotopic (exact) mass is 262 g/mol. The predicted octanol–water partition coefficient (Wildman–Crippen LogP) is 2.74. The van der Waals surface area contributed by atoms with Gasteiger partial charge in [-0.05, 0) is 34.7 Å². The van der Waals surface area contributed by atoms with Gasteiger partial charge in [0.15, 0.2) is 0 Å². The smallest absolute Gasteiger partial charge is 0.335 e. The molecule has 0 unspecified atom stereocenters. The van der Waals surface area contributed by atoms with Crippen LogP contribution in [0.4, 0.5) is 0 Å². The fourth-order valence-corrected chi connectivity index (χ4v) is 2.47. The molecule has 0 radical (unpaired) electrons. The lowest BCUT2D eigenvalue weighted by Gasteiger charge is -2.07. The molecule has 0 fully saturated rings. The Hall–Kier alpha value is -2.14. The topological polar surface area (TPSA) is 74.6 Å². The van der Waals surface area contributed by atoms with Crippen LogP contribution in [0.25, 0.3) is 10.4 Å². The molecule has 2 N–H and O–H groups in total. The van der Waals surface area contributed by atoms with Gasteiger partial charge < -0.3 is 10.2 Å². The molecule has 1 aromatic heterocycles. The van der Waals surface area contributed by atoms with Gasteiger partial charge in [0.25, 0.3) is 0 Å². The Morgan fingerprint density at radius 3 is 2.50 bits per heavy atom. The third kappa shape index (κ3) is 2.57. The minimum Gasteiger partial charge on any atom is -0.481 e. The molecule has 92 valence electrons. The van der Waals surface area contributed by atoms with Crippen LogP contribution in [-0.2, 0) is 11.2 Å². The second-order valence-corrected chi connectivity index (χ2v) is 4.67. The zero-order valence-corrected chi connectivity index (χ0v) is 10.1. The lowest BCUT2D eigenvalue weighted by atomic mass is 10.00. The van der Waals surface area contributed by atoms with Crippen molar-refractivity contribution in [1.29, 1.82) is 0 Å². The van der Waals surface area contributed by atoms with E-state index in [9.17, 15) is 9.59 Å². The molecule has 0 saturated carbocycles. The normalized spacial score (nSPS) is 10.2. The van der Waals surface area contributed by atoms with Crippen molar-refractivity contribution in [2.45, 2.75) is 6.42 Å². The van der Waals surface area contributed by atoms with E-state index in [4.69, 9.17) is 10.2 Å². The van der Waals surface area contributed by atoms with Crippen LogP contribution in [-0.4, -0.2) is 22.2 Å². The summed E-state index contributed by atoms with van der Waals surface area (Å²) in [6, 6.07) is 8.20. The fourth-order valence-electron chi connectivity index (χ4n) is 1.69. The molecular formula is C13H10O4S. The van der Waals surface area contributed by atoms with Crippen molar-refractivity contribution in [3.8, 4) is 10.4 Å². The van der Waals surface area contributed by atoms with E-state index in [-0.39, 0.29) is 12.0 Å². The summed E-state index contributed by atoms with van der Waals surface area (Å²) in [5.74, 6) is -1.95. The number of rotatable bonds is 4. The third-order valence-corrected chi connectivity index (χ3v) is 3.39. The van der Waals surface area contributed by atoms with Crippen molar-refractivity contribution in [3.63, 3.8) is 0 Å². The van der Waals surface area contributed by atoms with Crippen LogP contribution in [0.1, 0.15) is 15.9 Å². The molecule has 0 aliphatic carbocycles. The highest BCUT2D eigenvalue weighted by Crippen LogP contribution is 2.29. The molecule has 4 nitrogen and oxygen atoms in total. The Morgan fingerprint density at radius 1 is 1.17 bits per heavy atom. The quantitative estimate of drug-likeness (QED) is 0.888. The summed E-state index contributed by atoms with van der Waals surface area (Å²) in [5, 5.41) is 19.7. The van der Waals surface area contributed by atoms with Crippen LogP contribution < -0.4 is 0 Å². The van der Waals surface area contributed by atoms with E-state index in [0.717, 1.165) is 4.88 Å². The predicted molar refractivity (Wildman–Crippen MR) is 68.1 cm³/mol. The number of carboxylic acids is 2. The Labute approximate surface area is 107 Å². The molecule has 2 aromatic rings. The van der Waals surface area contributed by atoms with Crippen LogP contribution >= 0.6 is 11.3 Å². The summed E-state index contributed by atoms with van der Waals surface area (Å²) in [6.07, 6.45) is -0.118. The largest absolute Gasteiger partial charge is 0.481 e. The number of aromatic carboxylic acids is 1. The van der Waals surface area contributed by atoms with E-state index < -0.39 is 11.9 Å². The molecule has 0 bridgehead atoms. The highest BCUT2D eigenvalue weighted by molar-refractivity contribution is 7.13. The molecule has 0 aliphatic rings. The first-order valence-electron chi connectivity index (χ1n) is 5.20. The van der Waals surface area contributed by atoms with E-state index in [1.165, 1.54) is 23.5 Å². The maximum Gasteiger partial charge on any atom is 0.335 e. The summed E-state index contributed by atoms with van der Waals surface area (Å²) in [4.78, 5) is 22.6. The first-order chi connectivity index (χ1) is 8.58. The minimum atomic E-state index is -1.02. The van der Waals surface area contributed by atoms with E-state index in [1.54, 1.807) is 6.07 Å². The van der Waals surface area contributed by atoms with Crippen molar-refractivity contribution in [3.05, 3.63) is 46.8 Å². The Balaban J connectivity index is 2.53. The second-order valence-electron chi connectivity index (χ2n) is 3.72. The molecule has 1 aromatic carbocycles. The van der Waals surface area contributed by atoms with Crippen LogP contribution in [0.3, 0.4) is 0 Å². The van der Waals surface area contributed by atoms with Crippen LogP contribution in [0, 0.1) is 0 Å². The minimum absolute atomic E-state index is 0.118. The molecule has 1 heterocycles. The van der Waals surface area contributed by atoms with Gasteiger partial charge in [-0.1, -0.05) is 12.1 Å². The zero-order valence-electron chi connectivity index (χ0n) is 9.29. The van der Waals surface area contributed by atoms with Gasteiger partial charge in [-0.3, -0.25) is 4.79 Å². The average Bonchev–Trinajstić information content (AvgIpc) is 2.81. The number of carboxylic acid groups (broad SMARTS) is 2. The average molecular weight is 262 g/mol. The van der Waals surface area contributed by atoms with Gasteiger partial charge in [0, 0.05) is 4.88 Å². The third-order valence-electron chi connectivity index (χ3n) is 2.49. The van der Waals surface area contributed by atoms with Gasteiger partial charge in [-0.2, -0.15) is 0 Å². The molecule has 0 saturated heterocycles. The van der Waals surface area contributed by atoms with Crippen molar-refractivity contribution in [2.24, 2.45) is 0 Å². The summed E-state index contributed by atoms with van der Waals surface area (Å²) < 4.78 is 0. The molecule has 2 rings (SSSR count). The molecule has 0 atom stereocenters. The number of carbonyl (C=O) groups is 2. The van der Waals surface area contributed by atoms with Crippen molar-refractivity contribution < 1.29 is 19.8 Å². The summed E-state index contributed by atoms with van der Waals surface area (Å²) in [7, 11) is 0. The maximum atomic E-state index is 10.9. The van der Waals surface area contributed by atoms with Gasteiger partial charge in [-0.25, -0.2) is 4.79 Å². The number of hydrogen-bond acceptors (Lipinski definition) is 3. The van der Waals surface area contributed by atoms with Gasteiger partial charge in [0.2, 0.25) is 0 Å². The number of thiophene rings is 1. The SMILES string of the molecule is O=C(O)Cc1ccc(C(=O)O)cc1-c1cccs1. The molecule has 5 heteroatoms. The standard InChI is InChI=1S/C13H10O4S/c14-12(15)7-8-3-4-9(13(16)17)6-10(8)11-2-1-5-18-11/h1-6H,7H2,(H,14,15)(H,16,17). The Bertz CT molecular complexity index is 587. The van der Waals surface area contributed by atoms with Gasteiger partial charge in [-0.15, -0.1) is 11.3 Å². The van der Waals surface area contributed by atoms with E-state index in [2.05, 4.69) is 0 Å². The molecule has 0 amide bonds. The highest BCUT2D eigenvalue weighted by atomic mass is 32.1. The zero-order chi connectivity index (χ0) is 13.1. The number of aliphatic carboxylic acids is 1. The van der Waals surface area contributed by atoms with Gasteiger partial charge in [0.05, 0.1) is 12.0 Å². The van der Waals surface area contributed by atoms with E-state index >= 15 is 0 Å².